The van der Waals surface area contributed by atoms with Gasteiger partial charge in [0, 0.05) is 6.04 Å². The number of fused-ring (bicyclic) bond motifs is 1. The fourth-order valence-corrected chi connectivity index (χ4v) is 3.11. The lowest BCUT2D eigenvalue weighted by molar-refractivity contribution is -0.137. The number of thiazole rings is 1. The smallest absolute Gasteiger partial charge is 0.358 e. The Kier molecular flexibility index (Phi) is 2.92. The molecule has 0 aliphatic heterocycles. The van der Waals surface area contributed by atoms with Crippen LogP contribution >= 0.6 is 11.3 Å². The molecule has 0 amide bonds. The van der Waals surface area contributed by atoms with Crippen LogP contribution in [-0.2, 0) is 6.18 Å². The average Bonchev–Trinajstić information content (AvgIpc) is 2.96. The first kappa shape index (κ1) is 12.7. The van der Waals surface area contributed by atoms with Crippen molar-refractivity contribution >= 4 is 26.7 Å². The highest BCUT2D eigenvalue weighted by Crippen LogP contribution is 2.39. The highest BCUT2D eigenvalue weighted by atomic mass is 32.1. The second-order valence-electron chi connectivity index (χ2n) is 4.85. The van der Waals surface area contributed by atoms with Crippen molar-refractivity contribution < 1.29 is 13.2 Å². The Morgan fingerprint density at radius 1 is 1.42 bits per heavy atom. The number of hydrogen-bond acceptors (Lipinski definition) is 3. The van der Waals surface area contributed by atoms with Crippen LogP contribution in [-0.4, -0.2) is 11.0 Å². The van der Waals surface area contributed by atoms with E-state index in [-0.39, 0.29) is 0 Å². The van der Waals surface area contributed by atoms with Gasteiger partial charge >= 0.3 is 6.18 Å². The van der Waals surface area contributed by atoms with Crippen LogP contribution < -0.4 is 5.32 Å². The van der Waals surface area contributed by atoms with Gasteiger partial charge in [-0.05, 0) is 30.5 Å². The van der Waals surface area contributed by atoms with E-state index in [1.165, 1.54) is 17.4 Å². The van der Waals surface area contributed by atoms with E-state index < -0.39 is 11.7 Å². The number of aromatic nitrogens is 1. The summed E-state index contributed by atoms with van der Waals surface area (Å²) < 4.78 is 38.6. The zero-order chi connectivity index (χ0) is 13.6. The number of benzene rings is 1. The van der Waals surface area contributed by atoms with Crippen LogP contribution in [0.4, 0.5) is 18.3 Å². The third-order valence-electron chi connectivity index (χ3n) is 3.47. The molecule has 0 spiro atoms. The Morgan fingerprint density at radius 2 is 2.21 bits per heavy atom. The van der Waals surface area contributed by atoms with Gasteiger partial charge in [-0.1, -0.05) is 24.7 Å². The standard InChI is InChI=1S/C13H13F3N2S/c1-2-7-5-9(7)17-12-18-10-6-8(13(14,15)16)3-4-11(10)19-12/h3-4,6-7,9H,2,5H2,1H3,(H,17,18). The number of rotatable bonds is 3. The van der Waals surface area contributed by atoms with E-state index in [9.17, 15) is 13.2 Å². The third-order valence-corrected chi connectivity index (χ3v) is 4.44. The molecule has 2 nitrogen and oxygen atoms in total. The normalized spacial score (nSPS) is 22.7. The van der Waals surface area contributed by atoms with Gasteiger partial charge in [-0.25, -0.2) is 4.98 Å². The molecule has 2 atom stereocenters. The van der Waals surface area contributed by atoms with Crippen LogP contribution in [0, 0.1) is 5.92 Å². The molecule has 1 aliphatic carbocycles. The van der Waals surface area contributed by atoms with E-state index in [1.807, 2.05) is 0 Å². The Labute approximate surface area is 112 Å². The molecule has 3 rings (SSSR count). The summed E-state index contributed by atoms with van der Waals surface area (Å²) in [5, 5.41) is 4.01. The molecule has 6 heteroatoms. The quantitative estimate of drug-likeness (QED) is 0.897. The van der Waals surface area contributed by atoms with Gasteiger partial charge in [0.1, 0.15) is 0 Å². The maximum Gasteiger partial charge on any atom is 0.416 e. The summed E-state index contributed by atoms with van der Waals surface area (Å²) in [5.41, 5.74) is -0.231. The number of hydrogen-bond donors (Lipinski definition) is 1. The van der Waals surface area contributed by atoms with Crippen LogP contribution in [0.15, 0.2) is 18.2 Å². The number of nitrogens with zero attached hydrogens (tertiary/aromatic N) is 1. The minimum atomic E-state index is -4.31. The van der Waals surface area contributed by atoms with Gasteiger partial charge in [-0.2, -0.15) is 13.2 Å². The molecule has 1 fully saturated rings. The van der Waals surface area contributed by atoms with E-state index in [2.05, 4.69) is 17.2 Å². The average molecular weight is 286 g/mol. The maximum absolute atomic E-state index is 12.6. The van der Waals surface area contributed by atoms with Gasteiger partial charge in [-0.15, -0.1) is 0 Å². The van der Waals surface area contributed by atoms with Crippen molar-refractivity contribution in [3.8, 4) is 0 Å². The van der Waals surface area contributed by atoms with Crippen molar-refractivity contribution in [2.45, 2.75) is 32.0 Å². The Hall–Kier alpha value is -1.30. The number of halogens is 3. The van der Waals surface area contributed by atoms with Crippen LogP contribution in [0.25, 0.3) is 10.2 Å². The summed E-state index contributed by atoms with van der Waals surface area (Å²) in [6.07, 6.45) is -2.06. The molecule has 1 heterocycles. The third kappa shape index (κ3) is 2.54. The van der Waals surface area contributed by atoms with Gasteiger partial charge < -0.3 is 5.32 Å². The van der Waals surface area contributed by atoms with Crippen LogP contribution in [0.1, 0.15) is 25.3 Å². The Bertz CT molecular complexity index is 605. The van der Waals surface area contributed by atoms with Crippen LogP contribution in [0.2, 0.25) is 0 Å². The van der Waals surface area contributed by atoms with E-state index in [0.29, 0.717) is 17.5 Å². The molecule has 1 aromatic carbocycles. The molecule has 1 N–H and O–H groups in total. The summed E-state index contributed by atoms with van der Waals surface area (Å²) in [5.74, 6) is 0.678. The molecule has 0 radical (unpaired) electrons. The molecule has 0 saturated heterocycles. The fraction of sp³-hybridized carbons (Fsp3) is 0.462. The second-order valence-corrected chi connectivity index (χ2v) is 5.88. The number of nitrogens with one attached hydrogen (secondary N) is 1. The van der Waals surface area contributed by atoms with Crippen LogP contribution in [0.3, 0.4) is 0 Å². The van der Waals surface area contributed by atoms with Gasteiger partial charge in [-0.3, -0.25) is 0 Å². The summed E-state index contributed by atoms with van der Waals surface area (Å²) in [6, 6.07) is 4.15. The number of anilines is 1. The first-order chi connectivity index (χ1) is 8.97. The second kappa shape index (κ2) is 4.37. The molecule has 0 bridgehead atoms. The van der Waals surface area contributed by atoms with E-state index >= 15 is 0 Å². The summed E-state index contributed by atoms with van der Waals surface area (Å²) in [4.78, 5) is 4.24. The maximum atomic E-state index is 12.6. The minimum Gasteiger partial charge on any atom is -0.358 e. The molecule has 2 aromatic rings. The summed E-state index contributed by atoms with van der Waals surface area (Å²) in [7, 11) is 0. The minimum absolute atomic E-state index is 0.413. The first-order valence-electron chi connectivity index (χ1n) is 6.21. The zero-order valence-corrected chi connectivity index (χ0v) is 11.1. The lowest BCUT2D eigenvalue weighted by Crippen LogP contribution is -2.04. The monoisotopic (exact) mass is 286 g/mol. The predicted octanol–water partition coefficient (Wildman–Crippen LogP) is 4.53. The molecule has 2 unspecified atom stereocenters. The van der Waals surface area contributed by atoms with Crippen molar-refractivity contribution in [3.63, 3.8) is 0 Å². The number of alkyl halides is 3. The molecule has 1 aliphatic rings. The van der Waals surface area contributed by atoms with Crippen molar-refractivity contribution in [2.24, 2.45) is 5.92 Å². The molecule has 1 saturated carbocycles. The van der Waals surface area contributed by atoms with E-state index in [1.54, 1.807) is 0 Å². The highest BCUT2D eigenvalue weighted by molar-refractivity contribution is 7.22. The lowest BCUT2D eigenvalue weighted by atomic mass is 10.2. The van der Waals surface area contributed by atoms with Gasteiger partial charge in [0.2, 0.25) is 0 Å². The van der Waals surface area contributed by atoms with Crippen molar-refractivity contribution in [1.82, 2.24) is 4.98 Å². The van der Waals surface area contributed by atoms with Crippen molar-refractivity contribution in [2.75, 3.05) is 5.32 Å². The Balaban J connectivity index is 1.85. The molecular weight excluding hydrogens is 273 g/mol. The summed E-state index contributed by atoms with van der Waals surface area (Å²) >= 11 is 1.41. The highest BCUT2D eigenvalue weighted by Gasteiger charge is 2.36. The van der Waals surface area contributed by atoms with Gasteiger partial charge in [0.25, 0.3) is 0 Å². The van der Waals surface area contributed by atoms with E-state index in [0.717, 1.165) is 34.8 Å². The summed E-state index contributed by atoms with van der Waals surface area (Å²) in [6.45, 7) is 2.14. The van der Waals surface area contributed by atoms with Gasteiger partial charge in [0.05, 0.1) is 15.8 Å². The lowest BCUT2D eigenvalue weighted by Gasteiger charge is -2.04. The molecule has 19 heavy (non-hydrogen) atoms. The SMILES string of the molecule is CCC1CC1Nc1nc2cc(C(F)(F)F)ccc2s1. The van der Waals surface area contributed by atoms with Crippen molar-refractivity contribution in [3.05, 3.63) is 23.8 Å². The predicted molar refractivity (Wildman–Crippen MR) is 70.4 cm³/mol. The van der Waals surface area contributed by atoms with Crippen molar-refractivity contribution in [1.29, 1.82) is 0 Å². The first-order valence-corrected chi connectivity index (χ1v) is 7.03. The molecule has 1 aromatic heterocycles. The molecule has 102 valence electrons. The van der Waals surface area contributed by atoms with Crippen LogP contribution in [0.5, 0.6) is 0 Å². The zero-order valence-electron chi connectivity index (χ0n) is 10.3. The Morgan fingerprint density at radius 3 is 2.84 bits per heavy atom. The fourth-order valence-electron chi connectivity index (χ4n) is 2.20. The van der Waals surface area contributed by atoms with Gasteiger partial charge in [0.15, 0.2) is 5.13 Å². The largest absolute Gasteiger partial charge is 0.416 e. The topological polar surface area (TPSA) is 24.9 Å². The van der Waals surface area contributed by atoms with E-state index in [4.69, 9.17) is 0 Å². The molecular formula is C13H13F3N2S.